The number of carbonyl (C=O) groups is 1. The van der Waals surface area contributed by atoms with Crippen LogP contribution in [0.1, 0.15) is 24.3 Å². The normalized spacial score (nSPS) is 29.7. The summed E-state index contributed by atoms with van der Waals surface area (Å²) in [6, 6.07) is 7.86. The summed E-state index contributed by atoms with van der Waals surface area (Å²) in [5.41, 5.74) is 1.22. The average molecular weight is 174 g/mol. The van der Waals surface area contributed by atoms with Gasteiger partial charge in [0.05, 0.1) is 5.92 Å². The zero-order valence-electron chi connectivity index (χ0n) is 7.19. The Morgan fingerprint density at radius 3 is 2.69 bits per heavy atom. The zero-order valence-corrected chi connectivity index (χ0v) is 7.19. The van der Waals surface area contributed by atoms with Crippen LogP contribution in [0.2, 0.25) is 0 Å². The van der Waals surface area contributed by atoms with Crippen molar-refractivity contribution in [3.05, 3.63) is 29.8 Å². The van der Waals surface area contributed by atoms with Crippen LogP contribution >= 0.6 is 0 Å². The van der Waals surface area contributed by atoms with Gasteiger partial charge in [-0.15, -0.1) is 0 Å². The number of carbonyl (C=O) groups excluding carboxylic acids is 1. The summed E-state index contributed by atoms with van der Waals surface area (Å²) in [7, 11) is 0. The van der Waals surface area contributed by atoms with Crippen molar-refractivity contribution in [1.82, 2.24) is 0 Å². The van der Waals surface area contributed by atoms with Gasteiger partial charge >= 0.3 is 5.97 Å². The van der Waals surface area contributed by atoms with Gasteiger partial charge in [-0.25, -0.2) is 0 Å². The highest BCUT2D eigenvalue weighted by atomic mass is 16.5. The standard InChI is InChI=1S/C11H10O2/c12-11-9-6-5-7(9)8-3-1-2-4-10(8)13-11/h1-4,7,9H,5-6H2. The van der Waals surface area contributed by atoms with E-state index >= 15 is 0 Å². The fraction of sp³-hybridized carbons (Fsp3) is 0.364. The molecule has 66 valence electrons. The fourth-order valence-electron chi connectivity index (χ4n) is 2.22. The Morgan fingerprint density at radius 2 is 1.92 bits per heavy atom. The Bertz CT molecular complexity index is 370. The molecule has 3 rings (SSSR count). The lowest BCUT2D eigenvalue weighted by Crippen LogP contribution is -2.38. The molecule has 1 aliphatic heterocycles. The molecule has 0 N–H and O–H groups in total. The first-order valence-electron chi connectivity index (χ1n) is 4.67. The van der Waals surface area contributed by atoms with E-state index in [4.69, 9.17) is 4.74 Å². The number of benzene rings is 1. The van der Waals surface area contributed by atoms with Gasteiger partial charge < -0.3 is 4.74 Å². The SMILES string of the molecule is O=C1Oc2ccccc2C2CCC12. The van der Waals surface area contributed by atoms with E-state index in [1.807, 2.05) is 18.2 Å². The minimum absolute atomic E-state index is 0.0325. The van der Waals surface area contributed by atoms with Crippen molar-refractivity contribution >= 4 is 5.97 Å². The van der Waals surface area contributed by atoms with Crippen molar-refractivity contribution in [2.45, 2.75) is 18.8 Å². The van der Waals surface area contributed by atoms with Gasteiger partial charge in [0.1, 0.15) is 5.75 Å². The molecule has 0 bridgehead atoms. The van der Waals surface area contributed by atoms with Gasteiger partial charge in [-0.05, 0) is 24.5 Å². The van der Waals surface area contributed by atoms with E-state index in [1.54, 1.807) is 0 Å². The summed E-state index contributed by atoms with van der Waals surface area (Å²) in [6.07, 6.45) is 2.13. The second-order valence-electron chi connectivity index (χ2n) is 3.75. The van der Waals surface area contributed by atoms with Crippen LogP contribution in [0.25, 0.3) is 0 Å². The van der Waals surface area contributed by atoms with Gasteiger partial charge in [-0.2, -0.15) is 0 Å². The summed E-state index contributed by atoms with van der Waals surface area (Å²) in [5, 5.41) is 0. The molecule has 0 aromatic heterocycles. The first kappa shape index (κ1) is 7.13. The molecule has 2 nitrogen and oxygen atoms in total. The van der Waals surface area contributed by atoms with Gasteiger partial charge in [0.2, 0.25) is 0 Å². The molecule has 0 radical (unpaired) electrons. The molecule has 1 aromatic rings. The second-order valence-corrected chi connectivity index (χ2v) is 3.75. The number of hydrogen-bond acceptors (Lipinski definition) is 2. The number of esters is 1. The first-order valence-corrected chi connectivity index (χ1v) is 4.67. The lowest BCUT2D eigenvalue weighted by molar-refractivity contribution is -0.144. The predicted octanol–water partition coefficient (Wildman–Crippen LogP) is 2.10. The Morgan fingerprint density at radius 1 is 1.15 bits per heavy atom. The Labute approximate surface area is 76.5 Å². The molecule has 1 aromatic carbocycles. The summed E-state index contributed by atoms with van der Waals surface area (Å²) >= 11 is 0. The third kappa shape index (κ3) is 0.857. The van der Waals surface area contributed by atoms with Crippen LogP contribution in [0.3, 0.4) is 0 Å². The monoisotopic (exact) mass is 174 g/mol. The van der Waals surface area contributed by atoms with Crippen molar-refractivity contribution in [2.24, 2.45) is 5.92 Å². The van der Waals surface area contributed by atoms with Gasteiger partial charge in [-0.3, -0.25) is 4.79 Å². The van der Waals surface area contributed by atoms with E-state index in [-0.39, 0.29) is 11.9 Å². The molecule has 0 spiro atoms. The van der Waals surface area contributed by atoms with Crippen LogP contribution in [0.15, 0.2) is 24.3 Å². The first-order chi connectivity index (χ1) is 6.36. The Kier molecular flexibility index (Phi) is 1.29. The smallest absolute Gasteiger partial charge is 0.314 e. The van der Waals surface area contributed by atoms with Gasteiger partial charge in [0.15, 0.2) is 0 Å². The minimum atomic E-state index is -0.0325. The molecule has 13 heavy (non-hydrogen) atoms. The van der Waals surface area contributed by atoms with E-state index in [9.17, 15) is 4.79 Å². The van der Waals surface area contributed by atoms with Crippen molar-refractivity contribution in [1.29, 1.82) is 0 Å². The van der Waals surface area contributed by atoms with E-state index in [0.717, 1.165) is 18.6 Å². The third-order valence-electron chi connectivity index (χ3n) is 3.11. The maximum Gasteiger partial charge on any atom is 0.314 e. The lowest BCUT2D eigenvalue weighted by Gasteiger charge is -2.39. The summed E-state index contributed by atoms with van der Waals surface area (Å²) < 4.78 is 5.23. The molecule has 2 aliphatic rings. The maximum atomic E-state index is 11.4. The Hall–Kier alpha value is -1.31. The van der Waals surface area contributed by atoms with Gasteiger partial charge in [0.25, 0.3) is 0 Å². The molecule has 2 unspecified atom stereocenters. The van der Waals surface area contributed by atoms with Gasteiger partial charge in [0, 0.05) is 5.92 Å². The largest absolute Gasteiger partial charge is 0.426 e. The molecule has 1 aliphatic carbocycles. The van der Waals surface area contributed by atoms with E-state index in [2.05, 4.69) is 6.07 Å². The van der Waals surface area contributed by atoms with Crippen molar-refractivity contribution < 1.29 is 9.53 Å². The third-order valence-corrected chi connectivity index (χ3v) is 3.11. The highest BCUT2D eigenvalue weighted by Gasteiger charge is 2.43. The molecular formula is C11H10O2. The number of para-hydroxylation sites is 1. The zero-order chi connectivity index (χ0) is 8.84. The second kappa shape index (κ2) is 2.34. The van der Waals surface area contributed by atoms with Crippen LogP contribution in [-0.2, 0) is 4.79 Å². The average Bonchev–Trinajstić information content (AvgIpc) is 2.04. The molecule has 0 saturated heterocycles. The van der Waals surface area contributed by atoms with Crippen LogP contribution in [0.4, 0.5) is 0 Å². The molecule has 2 heteroatoms. The number of ether oxygens (including phenoxy) is 1. The van der Waals surface area contributed by atoms with Crippen molar-refractivity contribution in [3.63, 3.8) is 0 Å². The van der Waals surface area contributed by atoms with Crippen LogP contribution < -0.4 is 4.74 Å². The lowest BCUT2D eigenvalue weighted by atomic mass is 9.68. The molecule has 1 saturated carbocycles. The maximum absolute atomic E-state index is 11.4. The molecule has 1 fully saturated rings. The van der Waals surface area contributed by atoms with Crippen LogP contribution in [0, 0.1) is 5.92 Å². The molecule has 1 heterocycles. The quantitative estimate of drug-likeness (QED) is 0.444. The number of hydrogen-bond donors (Lipinski definition) is 0. The van der Waals surface area contributed by atoms with E-state index in [1.165, 1.54) is 5.56 Å². The van der Waals surface area contributed by atoms with Gasteiger partial charge in [-0.1, -0.05) is 18.2 Å². The highest BCUT2D eigenvalue weighted by Crippen LogP contribution is 2.49. The molecule has 0 amide bonds. The Balaban J connectivity index is 2.12. The van der Waals surface area contributed by atoms with E-state index in [0.29, 0.717) is 5.92 Å². The topological polar surface area (TPSA) is 26.3 Å². The summed E-state index contributed by atoms with van der Waals surface area (Å²) in [6.45, 7) is 0. The molecular weight excluding hydrogens is 164 g/mol. The van der Waals surface area contributed by atoms with Crippen LogP contribution in [0.5, 0.6) is 5.75 Å². The van der Waals surface area contributed by atoms with Crippen molar-refractivity contribution in [3.8, 4) is 5.75 Å². The predicted molar refractivity (Wildman–Crippen MR) is 47.5 cm³/mol. The van der Waals surface area contributed by atoms with E-state index < -0.39 is 0 Å². The minimum Gasteiger partial charge on any atom is -0.426 e. The molecule has 2 atom stereocenters. The number of fused-ring (bicyclic) bond motifs is 3. The highest BCUT2D eigenvalue weighted by molar-refractivity contribution is 5.80. The van der Waals surface area contributed by atoms with Crippen molar-refractivity contribution in [2.75, 3.05) is 0 Å². The fourth-order valence-corrected chi connectivity index (χ4v) is 2.22. The summed E-state index contributed by atoms with van der Waals surface area (Å²) in [4.78, 5) is 11.4. The number of rotatable bonds is 0. The summed E-state index contributed by atoms with van der Waals surface area (Å²) in [5.74, 6) is 1.33. The van der Waals surface area contributed by atoms with Crippen LogP contribution in [-0.4, -0.2) is 5.97 Å².